The van der Waals surface area contributed by atoms with Gasteiger partial charge in [0, 0.05) is 5.57 Å². The van der Waals surface area contributed by atoms with Gasteiger partial charge in [-0.2, -0.15) is 0 Å². The van der Waals surface area contributed by atoms with Crippen LogP contribution in [0.4, 0.5) is 0 Å². The summed E-state index contributed by atoms with van der Waals surface area (Å²) >= 11 is 0. The first-order valence-electron chi connectivity index (χ1n) is 10.2. The second-order valence-electron chi connectivity index (χ2n) is 8.94. The molecule has 5 N–H and O–H groups in total. The van der Waals surface area contributed by atoms with Crippen LogP contribution in [0.5, 0.6) is 0 Å². The van der Waals surface area contributed by atoms with Crippen molar-refractivity contribution < 1.29 is 39.8 Å². The average Bonchev–Trinajstić information content (AvgIpc) is 2.69. The summed E-state index contributed by atoms with van der Waals surface area (Å²) in [5.74, 6) is -1.05. The number of carboxylic acids is 1. The van der Waals surface area contributed by atoms with Crippen molar-refractivity contribution in [3.05, 3.63) is 24.3 Å². The summed E-state index contributed by atoms with van der Waals surface area (Å²) < 4.78 is 11.4. The third-order valence-electron chi connectivity index (χ3n) is 7.18. The van der Waals surface area contributed by atoms with Gasteiger partial charge in [0.2, 0.25) is 0 Å². The fourth-order valence-corrected chi connectivity index (χ4v) is 5.12. The van der Waals surface area contributed by atoms with Crippen LogP contribution in [-0.4, -0.2) is 74.9 Å². The van der Waals surface area contributed by atoms with Gasteiger partial charge in [0.15, 0.2) is 6.29 Å². The molecule has 0 spiro atoms. The van der Waals surface area contributed by atoms with E-state index >= 15 is 0 Å². The van der Waals surface area contributed by atoms with Gasteiger partial charge < -0.3 is 35.0 Å². The number of hydrogen-bond acceptors (Lipinski definition) is 7. The van der Waals surface area contributed by atoms with Gasteiger partial charge in [-0.1, -0.05) is 20.1 Å². The molecule has 0 radical (unpaired) electrons. The lowest BCUT2D eigenvalue weighted by atomic mass is 9.55. The van der Waals surface area contributed by atoms with Crippen LogP contribution in [0.1, 0.15) is 39.0 Å². The van der Waals surface area contributed by atoms with Crippen molar-refractivity contribution in [1.29, 1.82) is 0 Å². The average molecular weight is 412 g/mol. The Labute approximate surface area is 170 Å². The molecule has 2 saturated carbocycles. The van der Waals surface area contributed by atoms with E-state index in [0.29, 0.717) is 12.8 Å². The van der Waals surface area contributed by atoms with Crippen molar-refractivity contribution >= 4 is 5.97 Å². The van der Waals surface area contributed by atoms with Gasteiger partial charge in [-0.3, -0.25) is 0 Å². The van der Waals surface area contributed by atoms with Gasteiger partial charge >= 0.3 is 5.97 Å². The third kappa shape index (κ3) is 4.15. The molecule has 0 amide bonds. The Kier molecular flexibility index (Phi) is 6.53. The number of rotatable bonds is 5. The lowest BCUT2D eigenvalue weighted by molar-refractivity contribution is -0.310. The van der Waals surface area contributed by atoms with Gasteiger partial charge in [0.25, 0.3) is 0 Å². The van der Waals surface area contributed by atoms with E-state index in [1.807, 2.05) is 0 Å². The van der Waals surface area contributed by atoms with Gasteiger partial charge in [-0.25, -0.2) is 4.79 Å². The summed E-state index contributed by atoms with van der Waals surface area (Å²) in [4.78, 5) is 11.3. The van der Waals surface area contributed by atoms with Crippen molar-refractivity contribution in [2.75, 3.05) is 6.61 Å². The molecule has 3 fully saturated rings. The highest BCUT2D eigenvalue weighted by Crippen LogP contribution is 2.55. The summed E-state index contributed by atoms with van der Waals surface area (Å²) in [6.45, 7) is 9.63. The van der Waals surface area contributed by atoms with Crippen LogP contribution < -0.4 is 0 Å². The minimum absolute atomic E-state index is 0.00159. The molecule has 8 heteroatoms. The molecule has 0 aromatic heterocycles. The molecule has 0 bridgehead atoms. The Hall–Kier alpha value is -1.29. The minimum Gasteiger partial charge on any atom is -0.478 e. The highest BCUT2D eigenvalue weighted by molar-refractivity contribution is 5.86. The summed E-state index contributed by atoms with van der Waals surface area (Å²) in [5.41, 5.74) is 1.04. The maximum Gasteiger partial charge on any atom is 0.331 e. The Morgan fingerprint density at radius 2 is 1.86 bits per heavy atom. The van der Waals surface area contributed by atoms with Gasteiger partial charge in [-0.15, -0.1) is 0 Å². The van der Waals surface area contributed by atoms with E-state index in [0.717, 1.165) is 24.8 Å². The molecule has 3 rings (SSSR count). The van der Waals surface area contributed by atoms with Crippen molar-refractivity contribution in [3.8, 4) is 0 Å². The molecular weight excluding hydrogens is 380 g/mol. The number of carboxylic acid groups (broad SMARTS) is 1. The molecular formula is C21H32O8. The van der Waals surface area contributed by atoms with Crippen molar-refractivity contribution in [1.82, 2.24) is 0 Å². The maximum absolute atomic E-state index is 11.3. The van der Waals surface area contributed by atoms with Crippen molar-refractivity contribution in [2.24, 2.45) is 17.3 Å². The van der Waals surface area contributed by atoms with Crippen LogP contribution in [0.3, 0.4) is 0 Å². The lowest BCUT2D eigenvalue weighted by Crippen LogP contribution is -2.60. The molecule has 1 heterocycles. The SMILES string of the molecule is C=C(C(=O)O)[C@@H]1CC[C@@]2(C)CC[C@H](O[C@@H]3O[C@H](CO)[C@@H](O)[C@H](O)[C@H]3O)C(=C)[C@@H]2C1. The van der Waals surface area contributed by atoms with Crippen LogP contribution >= 0.6 is 0 Å². The number of aliphatic carboxylic acids is 1. The molecule has 2 aliphatic carbocycles. The molecule has 3 aliphatic rings. The molecule has 8 nitrogen and oxygen atoms in total. The van der Waals surface area contributed by atoms with Crippen molar-refractivity contribution in [3.63, 3.8) is 0 Å². The standard InChI is InChI=1S/C21H32O8/c1-10(19(26)27)12-4-6-21(3)7-5-14(11(2)13(21)8-12)28-20-18(25)17(24)16(23)15(9-22)29-20/h12-18,20,22-25H,1-2,4-9H2,3H3,(H,26,27)/t12-,13+,14+,15-,16-,17+,18-,20-,21+/m1/s1. The van der Waals surface area contributed by atoms with E-state index in [9.17, 15) is 30.3 Å². The first kappa shape index (κ1) is 22.4. The molecule has 0 aromatic rings. The number of carbonyl (C=O) groups is 1. The van der Waals surface area contributed by atoms with E-state index in [1.54, 1.807) is 0 Å². The number of aliphatic hydroxyl groups excluding tert-OH is 4. The van der Waals surface area contributed by atoms with Gasteiger partial charge in [-0.05, 0) is 54.9 Å². The van der Waals surface area contributed by atoms with Crippen LogP contribution in [0, 0.1) is 17.3 Å². The quantitative estimate of drug-likeness (QED) is 0.251. The second kappa shape index (κ2) is 8.45. The number of ether oxygens (including phenoxy) is 2. The summed E-state index contributed by atoms with van der Waals surface area (Å²) in [6.07, 6.45) is -3.26. The zero-order chi connectivity index (χ0) is 21.5. The van der Waals surface area contributed by atoms with Gasteiger partial charge in [0.1, 0.15) is 24.4 Å². The Balaban J connectivity index is 1.72. The lowest BCUT2D eigenvalue weighted by Gasteiger charge is -2.51. The summed E-state index contributed by atoms with van der Waals surface area (Å²) in [6, 6.07) is 0. The maximum atomic E-state index is 11.3. The monoisotopic (exact) mass is 412 g/mol. The predicted octanol–water partition coefficient (Wildman–Crippen LogP) is 0.585. The van der Waals surface area contributed by atoms with Crippen molar-refractivity contribution in [2.45, 2.75) is 75.8 Å². The van der Waals surface area contributed by atoms with E-state index in [4.69, 9.17) is 9.47 Å². The summed E-state index contributed by atoms with van der Waals surface area (Å²) in [7, 11) is 0. The largest absolute Gasteiger partial charge is 0.478 e. The topological polar surface area (TPSA) is 137 Å². The van der Waals surface area contributed by atoms with E-state index in [-0.39, 0.29) is 22.8 Å². The Morgan fingerprint density at radius 1 is 1.21 bits per heavy atom. The Morgan fingerprint density at radius 3 is 2.48 bits per heavy atom. The zero-order valence-corrected chi connectivity index (χ0v) is 16.7. The van der Waals surface area contributed by atoms with E-state index in [2.05, 4.69) is 20.1 Å². The number of fused-ring (bicyclic) bond motifs is 1. The van der Waals surface area contributed by atoms with E-state index < -0.39 is 49.4 Å². The molecule has 164 valence electrons. The first-order valence-corrected chi connectivity index (χ1v) is 10.2. The fraction of sp³-hybridized carbons (Fsp3) is 0.762. The van der Waals surface area contributed by atoms with Crippen LogP contribution in [0.15, 0.2) is 24.3 Å². The Bertz CT molecular complexity index is 661. The van der Waals surface area contributed by atoms with Crippen LogP contribution in [0.2, 0.25) is 0 Å². The molecule has 0 unspecified atom stereocenters. The zero-order valence-electron chi connectivity index (χ0n) is 16.7. The highest BCUT2D eigenvalue weighted by Gasteiger charge is 2.50. The smallest absolute Gasteiger partial charge is 0.331 e. The normalized spacial score (nSPS) is 45.5. The fourth-order valence-electron chi connectivity index (χ4n) is 5.12. The molecule has 9 atom stereocenters. The predicted molar refractivity (Wildman–Crippen MR) is 103 cm³/mol. The van der Waals surface area contributed by atoms with Gasteiger partial charge in [0.05, 0.1) is 12.7 Å². The van der Waals surface area contributed by atoms with E-state index in [1.165, 1.54) is 0 Å². The second-order valence-corrected chi connectivity index (χ2v) is 8.94. The molecule has 29 heavy (non-hydrogen) atoms. The third-order valence-corrected chi connectivity index (χ3v) is 7.18. The molecule has 1 aliphatic heterocycles. The first-order chi connectivity index (χ1) is 13.6. The summed E-state index contributed by atoms with van der Waals surface area (Å²) in [5, 5.41) is 48.8. The molecule has 1 saturated heterocycles. The van der Waals surface area contributed by atoms with Crippen LogP contribution in [0.25, 0.3) is 0 Å². The van der Waals surface area contributed by atoms with Crippen LogP contribution in [-0.2, 0) is 14.3 Å². The molecule has 0 aromatic carbocycles. The highest BCUT2D eigenvalue weighted by atomic mass is 16.7. The number of aliphatic hydroxyl groups is 4. The number of hydrogen-bond donors (Lipinski definition) is 5. The minimum atomic E-state index is -1.49.